The maximum absolute atomic E-state index is 14.0. The Kier molecular flexibility index (Phi) is 30.3. The highest BCUT2D eigenvalue weighted by atomic mass is 16.4. The molecule has 83 heavy (non-hydrogen) atoms. The number of hydrogen-bond donors (Lipinski definition) is 20. The SMILES string of the molecule is CC(C)[C@H](NC(=O)CNC(=O)[C@H](CO)NC(=O)[C@H](CO)NC(=O)CNC(=O)[C@H](CCCN=C(N)N)NC(=O)[C@@H](N)CCCN=C(N)N)C(=O)N[C@@H](Cc1ccc(O)cc1)C(=O)N[C@@H](CCC(=O)O)C(=O)N[C@@H](Cc1ccc(O)cc1)C(=O)O. The van der Waals surface area contributed by atoms with Crippen LogP contribution in [-0.4, -0.2) is 195 Å². The lowest BCUT2D eigenvalue weighted by molar-refractivity contribution is -0.143. The molecule has 2 rings (SSSR count). The van der Waals surface area contributed by atoms with Gasteiger partial charge in [0.2, 0.25) is 53.2 Å². The molecule has 0 fully saturated rings. The van der Waals surface area contributed by atoms with Crippen molar-refractivity contribution in [1.82, 2.24) is 47.9 Å². The van der Waals surface area contributed by atoms with E-state index in [-0.39, 0.29) is 68.6 Å². The van der Waals surface area contributed by atoms with Crippen LogP contribution in [-0.2, 0) is 65.6 Å². The van der Waals surface area contributed by atoms with Crippen LogP contribution in [0.4, 0.5) is 0 Å². The summed E-state index contributed by atoms with van der Waals surface area (Å²) in [5, 5.41) is 79.6. The largest absolute Gasteiger partial charge is 0.508 e. The van der Waals surface area contributed by atoms with E-state index >= 15 is 0 Å². The number of phenolic OH excluding ortho intramolecular Hbond substituents is 2. The number of nitrogens with zero attached hydrogens (tertiary/aromatic N) is 2. The predicted molar refractivity (Wildman–Crippen MR) is 294 cm³/mol. The smallest absolute Gasteiger partial charge is 0.326 e. The average Bonchev–Trinajstić information content (AvgIpc) is 3.47. The van der Waals surface area contributed by atoms with Gasteiger partial charge in [-0.05, 0) is 73.4 Å². The van der Waals surface area contributed by atoms with E-state index < -0.39 is 159 Å². The molecule has 0 aromatic heterocycles. The van der Waals surface area contributed by atoms with Gasteiger partial charge >= 0.3 is 11.9 Å². The maximum atomic E-state index is 14.0. The van der Waals surface area contributed by atoms with Crippen LogP contribution in [0.3, 0.4) is 0 Å². The minimum atomic E-state index is -1.79. The third-order valence-electron chi connectivity index (χ3n) is 11.9. The number of aromatic hydroxyl groups is 2. The Labute approximate surface area is 475 Å². The Balaban J connectivity index is 2.14. The summed E-state index contributed by atoms with van der Waals surface area (Å²) in [7, 11) is 0. The molecule has 0 bridgehead atoms. The number of aliphatic hydroxyl groups excluding tert-OH is 2. The van der Waals surface area contributed by atoms with Gasteiger partial charge in [-0.3, -0.25) is 57.9 Å². The first-order valence-electron chi connectivity index (χ1n) is 25.9. The fourth-order valence-corrected chi connectivity index (χ4v) is 7.44. The molecule has 0 aliphatic rings. The monoisotopic (exact) mass is 1170 g/mol. The predicted octanol–water partition coefficient (Wildman–Crippen LogP) is -7.47. The third kappa shape index (κ3) is 27.1. The van der Waals surface area contributed by atoms with Crippen molar-refractivity contribution >= 4 is 77.0 Å². The van der Waals surface area contributed by atoms with Gasteiger partial charge in [-0.1, -0.05) is 38.1 Å². The van der Waals surface area contributed by atoms with Crippen LogP contribution >= 0.6 is 0 Å². The number of amides is 9. The van der Waals surface area contributed by atoms with Gasteiger partial charge in [0, 0.05) is 32.4 Å². The molecule has 33 nitrogen and oxygen atoms in total. The Morgan fingerprint density at radius 2 is 0.880 bits per heavy atom. The maximum Gasteiger partial charge on any atom is 0.326 e. The lowest BCUT2D eigenvalue weighted by atomic mass is 10.00. The number of nitrogens with one attached hydrogen (secondary N) is 9. The van der Waals surface area contributed by atoms with Crippen LogP contribution in [0.2, 0.25) is 0 Å². The average molecular weight is 1170 g/mol. The topological polar surface area (TPSA) is 572 Å². The molecule has 0 saturated heterocycles. The van der Waals surface area contributed by atoms with Gasteiger partial charge in [0.25, 0.3) is 0 Å². The van der Waals surface area contributed by atoms with Crippen molar-refractivity contribution in [3.8, 4) is 11.5 Å². The zero-order valence-corrected chi connectivity index (χ0v) is 45.7. The zero-order valence-electron chi connectivity index (χ0n) is 45.7. The zero-order chi connectivity index (χ0) is 62.3. The summed E-state index contributed by atoms with van der Waals surface area (Å²) < 4.78 is 0. The lowest BCUT2D eigenvalue weighted by Gasteiger charge is -2.27. The summed E-state index contributed by atoms with van der Waals surface area (Å²) >= 11 is 0. The number of guanidine groups is 2. The molecule has 8 atom stereocenters. The number of aliphatic carboxylic acids is 2. The van der Waals surface area contributed by atoms with E-state index in [2.05, 4.69) is 57.8 Å². The molecule has 9 amide bonds. The van der Waals surface area contributed by atoms with Crippen molar-refractivity contribution in [3.05, 3.63) is 59.7 Å². The van der Waals surface area contributed by atoms with Crippen molar-refractivity contribution in [1.29, 1.82) is 0 Å². The minimum absolute atomic E-state index is 0.0146. The van der Waals surface area contributed by atoms with Crippen LogP contribution in [0.5, 0.6) is 11.5 Å². The molecule has 0 aliphatic heterocycles. The summed E-state index contributed by atoms with van der Waals surface area (Å²) in [5.41, 5.74) is 28.0. The highest BCUT2D eigenvalue weighted by Gasteiger charge is 2.34. The minimum Gasteiger partial charge on any atom is -0.508 e. The summed E-state index contributed by atoms with van der Waals surface area (Å²) in [4.78, 5) is 151. The van der Waals surface area contributed by atoms with Gasteiger partial charge in [-0.15, -0.1) is 0 Å². The van der Waals surface area contributed by atoms with Crippen molar-refractivity contribution in [2.45, 2.75) is 114 Å². The van der Waals surface area contributed by atoms with Crippen molar-refractivity contribution in [2.75, 3.05) is 39.4 Å². The van der Waals surface area contributed by atoms with Crippen molar-refractivity contribution < 1.29 is 83.4 Å². The molecule has 0 saturated carbocycles. The van der Waals surface area contributed by atoms with E-state index in [4.69, 9.17) is 28.7 Å². The second-order valence-electron chi connectivity index (χ2n) is 19.0. The number of carboxylic acids is 2. The molecule has 0 spiro atoms. The van der Waals surface area contributed by atoms with Gasteiger partial charge in [-0.2, -0.15) is 0 Å². The molecule has 2 aromatic carbocycles. The molecule has 0 radical (unpaired) electrons. The summed E-state index contributed by atoms with van der Waals surface area (Å²) in [6.45, 7) is -0.489. The van der Waals surface area contributed by atoms with E-state index in [0.29, 0.717) is 17.5 Å². The van der Waals surface area contributed by atoms with Gasteiger partial charge in [0.1, 0.15) is 53.8 Å². The van der Waals surface area contributed by atoms with Crippen LogP contribution in [0.15, 0.2) is 58.5 Å². The lowest BCUT2D eigenvalue weighted by Crippen LogP contribution is -2.60. The van der Waals surface area contributed by atoms with Crippen LogP contribution in [0.25, 0.3) is 0 Å². The number of rotatable bonds is 37. The van der Waals surface area contributed by atoms with Gasteiger partial charge in [0.15, 0.2) is 11.9 Å². The number of carbonyl (C=O) groups excluding carboxylic acids is 9. The molecular weight excluding hydrogens is 1100 g/mol. The molecule has 2 aromatic rings. The number of nitrogens with two attached hydrogens (primary N) is 5. The van der Waals surface area contributed by atoms with Crippen LogP contribution < -0.4 is 76.5 Å². The summed E-state index contributed by atoms with van der Waals surface area (Å²) in [6, 6.07) is -1.31. The number of phenols is 2. The first kappa shape index (κ1) is 69.7. The first-order chi connectivity index (χ1) is 39.1. The molecule has 0 unspecified atom stereocenters. The van der Waals surface area contributed by atoms with Gasteiger partial charge in [0.05, 0.1) is 32.3 Å². The van der Waals surface area contributed by atoms with Gasteiger partial charge in [-0.25, -0.2) is 4.79 Å². The molecule has 25 N–H and O–H groups in total. The summed E-state index contributed by atoms with van der Waals surface area (Å²) in [6.07, 6.45) is -1.13. The highest BCUT2D eigenvalue weighted by Crippen LogP contribution is 2.15. The molecule has 458 valence electrons. The van der Waals surface area contributed by atoms with Gasteiger partial charge < -0.3 is 107 Å². The molecule has 0 heterocycles. The normalized spacial score (nSPS) is 13.7. The molecular formula is C50H76N16O17. The van der Waals surface area contributed by atoms with Crippen molar-refractivity contribution in [3.63, 3.8) is 0 Å². The second kappa shape index (κ2) is 36.1. The Morgan fingerprint density at radius 1 is 0.482 bits per heavy atom. The molecule has 0 aliphatic carbocycles. The third-order valence-corrected chi connectivity index (χ3v) is 11.9. The van der Waals surface area contributed by atoms with E-state index in [0.717, 1.165) is 0 Å². The van der Waals surface area contributed by atoms with Crippen LogP contribution in [0.1, 0.15) is 63.5 Å². The number of hydrogen-bond acceptors (Lipinski definition) is 18. The first-order valence-corrected chi connectivity index (χ1v) is 25.9. The number of benzene rings is 2. The number of aliphatic imine (C=N–C) groups is 2. The fraction of sp³-hybridized carbons (Fsp3) is 0.500. The van der Waals surface area contributed by atoms with E-state index in [1.54, 1.807) is 0 Å². The van der Waals surface area contributed by atoms with Crippen molar-refractivity contribution in [2.24, 2.45) is 44.6 Å². The number of carboxylic acid groups (broad SMARTS) is 2. The quantitative estimate of drug-likeness (QED) is 0.0170. The fourth-order valence-electron chi connectivity index (χ4n) is 7.44. The molecule has 33 heteroatoms. The number of aliphatic hydroxyl groups is 2. The Morgan fingerprint density at radius 3 is 1.36 bits per heavy atom. The summed E-state index contributed by atoms with van der Waals surface area (Å²) in [5.74, 6) is -13.2. The van der Waals surface area contributed by atoms with Crippen LogP contribution in [0, 0.1) is 5.92 Å². The highest BCUT2D eigenvalue weighted by molar-refractivity contribution is 5.98. The number of carbonyl (C=O) groups is 11. The standard InChI is InChI=1S/C50H76N16O17/c1-25(2)40(47(81)63-33(19-26-7-11-28(69)12-8-26)45(79)62-32(15-16-39(73)74)44(78)64-34(48(82)83)20-27-9-13-29(70)14-10-27)66-38(72)22-59-43(77)35(23-67)65-46(80)36(24-68)60-37(71)21-58-42(76)31(6-4-18-57-50(54)55)61-41(75)30(51)5-3-17-56-49(52)53/h7-14,25,30-36,40,67-70H,3-6,15-24,51H2,1-2H3,(H,58,76)(H,59,77)(H,60,71)(H,61,75)(H,62,79)(H,63,81)(H,64,78)(H,65,80)(H,66,72)(H,73,74)(H,82,83)(H4,52,53,56)(H4,54,55,57)/t30-,31-,32-,33-,34-,35-,36-,40-/m0/s1. The Bertz CT molecular complexity index is 2600. The second-order valence-corrected chi connectivity index (χ2v) is 19.0. The van der Waals surface area contributed by atoms with E-state index in [1.807, 2.05) is 0 Å². The van der Waals surface area contributed by atoms with E-state index in [1.165, 1.54) is 62.4 Å². The van der Waals surface area contributed by atoms with E-state index in [9.17, 15) is 83.4 Å². The Hall–Kier alpha value is -9.37.